The quantitative estimate of drug-likeness (QED) is 0.381. The predicted octanol–water partition coefficient (Wildman–Crippen LogP) is 2.61. The third-order valence-electron chi connectivity index (χ3n) is 3.62. The normalized spacial score (nSPS) is 19.9. The molecule has 0 amide bonds. The van der Waals surface area contributed by atoms with Crippen molar-refractivity contribution in [1.82, 2.24) is 5.43 Å². The summed E-state index contributed by atoms with van der Waals surface area (Å²) in [5.74, 6) is 6.52. The number of nitrogens with two attached hydrogens (primary N) is 1. The van der Waals surface area contributed by atoms with Crippen molar-refractivity contribution in [3.05, 3.63) is 0 Å². The molecule has 1 aliphatic carbocycles. The maximum Gasteiger partial charge on any atom is 0.0466 e. The second-order valence-electron chi connectivity index (χ2n) is 4.94. The Morgan fingerprint density at radius 3 is 2.69 bits per heavy atom. The predicted molar refractivity (Wildman–Crippen MR) is 68.0 cm³/mol. The Labute approximate surface area is 100 Å². The van der Waals surface area contributed by atoms with Gasteiger partial charge in [-0.15, -0.1) is 0 Å². The minimum atomic E-state index is 0.489. The van der Waals surface area contributed by atoms with Crippen LogP contribution in [0, 0.1) is 5.92 Å². The zero-order valence-electron chi connectivity index (χ0n) is 10.7. The van der Waals surface area contributed by atoms with Gasteiger partial charge in [0.05, 0.1) is 0 Å². The highest BCUT2D eigenvalue weighted by Gasteiger charge is 2.17. The molecule has 96 valence electrons. The van der Waals surface area contributed by atoms with E-state index in [2.05, 4.69) is 5.43 Å². The number of ether oxygens (including phenoxy) is 1. The van der Waals surface area contributed by atoms with Gasteiger partial charge in [0.2, 0.25) is 0 Å². The van der Waals surface area contributed by atoms with Crippen molar-refractivity contribution >= 4 is 0 Å². The smallest absolute Gasteiger partial charge is 0.0466 e. The van der Waals surface area contributed by atoms with Crippen molar-refractivity contribution in [2.24, 2.45) is 11.8 Å². The van der Waals surface area contributed by atoms with Gasteiger partial charge in [0.15, 0.2) is 0 Å². The largest absolute Gasteiger partial charge is 0.382 e. The topological polar surface area (TPSA) is 47.3 Å². The van der Waals surface area contributed by atoms with Crippen LogP contribution >= 0.6 is 0 Å². The second-order valence-corrected chi connectivity index (χ2v) is 4.94. The van der Waals surface area contributed by atoms with Crippen LogP contribution in [0.4, 0.5) is 0 Å². The average molecular weight is 228 g/mol. The van der Waals surface area contributed by atoms with Gasteiger partial charge in [-0.1, -0.05) is 32.1 Å². The molecule has 3 N–H and O–H groups in total. The van der Waals surface area contributed by atoms with Gasteiger partial charge in [0.25, 0.3) is 0 Å². The lowest BCUT2D eigenvalue weighted by Gasteiger charge is -2.26. The molecule has 3 heteroatoms. The van der Waals surface area contributed by atoms with E-state index in [1.165, 1.54) is 38.5 Å². The van der Waals surface area contributed by atoms with Gasteiger partial charge < -0.3 is 4.74 Å². The lowest BCUT2D eigenvalue weighted by Crippen LogP contribution is -2.37. The van der Waals surface area contributed by atoms with Crippen molar-refractivity contribution in [1.29, 1.82) is 0 Å². The molecule has 1 saturated carbocycles. The summed E-state index contributed by atoms with van der Waals surface area (Å²) < 4.78 is 5.35. The van der Waals surface area contributed by atoms with Gasteiger partial charge >= 0.3 is 0 Å². The molecule has 0 heterocycles. The highest BCUT2D eigenvalue weighted by Crippen LogP contribution is 2.27. The van der Waals surface area contributed by atoms with Crippen LogP contribution in [0.2, 0.25) is 0 Å². The highest BCUT2D eigenvalue weighted by molar-refractivity contribution is 4.73. The van der Waals surface area contributed by atoms with Crippen LogP contribution in [-0.2, 0) is 4.74 Å². The molecule has 1 fully saturated rings. The Morgan fingerprint density at radius 2 is 2.06 bits per heavy atom. The van der Waals surface area contributed by atoms with Crippen LogP contribution in [-0.4, -0.2) is 19.3 Å². The molecule has 16 heavy (non-hydrogen) atoms. The number of rotatable bonds is 8. The van der Waals surface area contributed by atoms with E-state index in [1.807, 2.05) is 6.92 Å². The Kier molecular flexibility index (Phi) is 7.81. The maximum atomic E-state index is 5.61. The fraction of sp³-hybridized carbons (Fsp3) is 1.00. The Hall–Kier alpha value is -0.120. The lowest BCUT2D eigenvalue weighted by atomic mass is 9.84. The molecule has 3 nitrogen and oxygen atoms in total. The molecule has 1 unspecified atom stereocenters. The van der Waals surface area contributed by atoms with E-state index in [1.54, 1.807) is 0 Å². The molecule has 0 aromatic heterocycles. The van der Waals surface area contributed by atoms with Gasteiger partial charge in [-0.05, 0) is 32.1 Å². The molecule has 1 rings (SSSR count). The van der Waals surface area contributed by atoms with Gasteiger partial charge in [-0.2, -0.15) is 0 Å². The first-order valence-corrected chi connectivity index (χ1v) is 6.90. The minimum Gasteiger partial charge on any atom is -0.382 e. The van der Waals surface area contributed by atoms with Crippen LogP contribution in [0.5, 0.6) is 0 Å². The van der Waals surface area contributed by atoms with E-state index in [9.17, 15) is 0 Å². The first kappa shape index (κ1) is 13.9. The van der Waals surface area contributed by atoms with Gasteiger partial charge in [-0.25, -0.2) is 0 Å². The summed E-state index contributed by atoms with van der Waals surface area (Å²) in [6.07, 6.45) is 10.6. The van der Waals surface area contributed by atoms with Crippen molar-refractivity contribution in [3.63, 3.8) is 0 Å². The molecule has 0 spiro atoms. The molecule has 0 saturated heterocycles. The van der Waals surface area contributed by atoms with Gasteiger partial charge in [-0.3, -0.25) is 11.3 Å². The van der Waals surface area contributed by atoms with E-state index >= 15 is 0 Å². The molecule has 1 aliphatic rings. The van der Waals surface area contributed by atoms with Gasteiger partial charge in [0, 0.05) is 19.3 Å². The van der Waals surface area contributed by atoms with E-state index < -0.39 is 0 Å². The van der Waals surface area contributed by atoms with Crippen LogP contribution in [0.15, 0.2) is 0 Å². The van der Waals surface area contributed by atoms with Crippen molar-refractivity contribution in [3.8, 4) is 0 Å². The molecule has 0 aromatic carbocycles. The molecular formula is C13H28N2O. The first-order valence-electron chi connectivity index (χ1n) is 6.90. The average Bonchev–Trinajstić information content (AvgIpc) is 2.34. The number of hydrazine groups is 1. The maximum absolute atomic E-state index is 5.61. The Morgan fingerprint density at radius 1 is 1.31 bits per heavy atom. The third-order valence-corrected chi connectivity index (χ3v) is 3.62. The van der Waals surface area contributed by atoms with Gasteiger partial charge in [0.1, 0.15) is 0 Å². The summed E-state index contributed by atoms with van der Waals surface area (Å²) in [4.78, 5) is 0. The third kappa shape index (κ3) is 5.83. The lowest BCUT2D eigenvalue weighted by molar-refractivity contribution is 0.139. The fourth-order valence-electron chi connectivity index (χ4n) is 2.67. The number of hydrogen-bond donors (Lipinski definition) is 2. The minimum absolute atomic E-state index is 0.489. The SMILES string of the molecule is CCOCCCC(CC1CCCCC1)NN. The summed E-state index contributed by atoms with van der Waals surface area (Å²) in [5, 5.41) is 0. The molecular weight excluding hydrogens is 200 g/mol. The summed E-state index contributed by atoms with van der Waals surface area (Å²) in [5.41, 5.74) is 2.97. The number of nitrogens with one attached hydrogen (secondary N) is 1. The van der Waals surface area contributed by atoms with Crippen molar-refractivity contribution in [2.75, 3.05) is 13.2 Å². The Balaban J connectivity index is 2.09. The first-order chi connectivity index (χ1) is 7.86. The monoisotopic (exact) mass is 228 g/mol. The molecule has 0 bridgehead atoms. The highest BCUT2D eigenvalue weighted by atomic mass is 16.5. The van der Waals surface area contributed by atoms with Crippen LogP contribution < -0.4 is 11.3 Å². The van der Waals surface area contributed by atoms with E-state index in [-0.39, 0.29) is 0 Å². The zero-order chi connectivity index (χ0) is 11.6. The second kappa shape index (κ2) is 8.97. The molecule has 0 aromatic rings. The fourth-order valence-corrected chi connectivity index (χ4v) is 2.67. The van der Waals surface area contributed by atoms with E-state index in [0.29, 0.717) is 6.04 Å². The molecule has 0 radical (unpaired) electrons. The van der Waals surface area contributed by atoms with E-state index in [4.69, 9.17) is 10.6 Å². The Bertz CT molecular complexity index is 158. The number of hydrogen-bond acceptors (Lipinski definition) is 3. The van der Waals surface area contributed by atoms with Crippen LogP contribution in [0.25, 0.3) is 0 Å². The van der Waals surface area contributed by atoms with Crippen LogP contribution in [0.3, 0.4) is 0 Å². The zero-order valence-corrected chi connectivity index (χ0v) is 10.7. The molecule has 0 aliphatic heterocycles. The van der Waals surface area contributed by atoms with Crippen molar-refractivity contribution in [2.45, 2.75) is 64.3 Å². The van der Waals surface area contributed by atoms with Crippen molar-refractivity contribution < 1.29 is 4.74 Å². The van der Waals surface area contributed by atoms with Crippen LogP contribution in [0.1, 0.15) is 58.3 Å². The summed E-state index contributed by atoms with van der Waals surface area (Å²) in [7, 11) is 0. The molecule has 1 atom stereocenters. The van der Waals surface area contributed by atoms with E-state index in [0.717, 1.165) is 32.0 Å². The summed E-state index contributed by atoms with van der Waals surface area (Å²) in [6, 6.07) is 0.489. The summed E-state index contributed by atoms with van der Waals surface area (Å²) in [6.45, 7) is 3.74. The standard InChI is InChI=1S/C13H28N2O/c1-2-16-10-6-9-13(15-14)11-12-7-4-3-5-8-12/h12-13,15H,2-11,14H2,1H3. The summed E-state index contributed by atoms with van der Waals surface area (Å²) >= 11 is 0.